The Labute approximate surface area is 222 Å². The SMILES string of the molecule is COc1cc2c(cc1OC)[C@@H](C)N(Cn1c(O)c(N=NC(=O)c3cccnc3)c3cc(Br)ccc31)CC2. The first-order chi connectivity index (χ1) is 17.9. The molecule has 2 aromatic carbocycles. The summed E-state index contributed by atoms with van der Waals surface area (Å²) in [5, 5.41) is 20.0. The Kier molecular flexibility index (Phi) is 6.94. The lowest BCUT2D eigenvalue weighted by atomic mass is 9.93. The van der Waals surface area contributed by atoms with Crippen molar-refractivity contribution < 1.29 is 19.4 Å². The van der Waals surface area contributed by atoms with Crippen molar-refractivity contribution in [2.75, 3.05) is 20.8 Å². The highest BCUT2D eigenvalue weighted by molar-refractivity contribution is 9.10. The van der Waals surface area contributed by atoms with Gasteiger partial charge in [0.2, 0.25) is 5.88 Å². The van der Waals surface area contributed by atoms with Gasteiger partial charge in [-0.2, -0.15) is 0 Å². The smallest absolute Gasteiger partial charge is 0.296 e. The van der Waals surface area contributed by atoms with Gasteiger partial charge in [0, 0.05) is 34.8 Å². The summed E-state index contributed by atoms with van der Waals surface area (Å²) in [5.41, 5.74) is 3.72. The normalized spacial score (nSPS) is 15.7. The van der Waals surface area contributed by atoms with Crippen LogP contribution in [0.4, 0.5) is 5.69 Å². The number of hydrogen-bond acceptors (Lipinski definition) is 7. The van der Waals surface area contributed by atoms with Crippen molar-refractivity contribution >= 4 is 38.4 Å². The van der Waals surface area contributed by atoms with Crippen LogP contribution in [-0.2, 0) is 13.1 Å². The predicted molar refractivity (Wildman–Crippen MR) is 143 cm³/mol. The molecule has 1 aliphatic rings. The number of hydrogen-bond donors (Lipinski definition) is 1. The van der Waals surface area contributed by atoms with E-state index < -0.39 is 5.91 Å². The molecule has 4 aromatic rings. The monoisotopic (exact) mass is 563 g/mol. The third kappa shape index (κ3) is 4.70. The molecular formula is C27H26BrN5O4. The summed E-state index contributed by atoms with van der Waals surface area (Å²) in [6.07, 6.45) is 3.84. The molecule has 0 unspecified atom stereocenters. The molecule has 1 atom stereocenters. The predicted octanol–water partition coefficient (Wildman–Crippen LogP) is 6.02. The van der Waals surface area contributed by atoms with E-state index in [9.17, 15) is 9.90 Å². The molecule has 0 fully saturated rings. The van der Waals surface area contributed by atoms with Gasteiger partial charge in [0.1, 0.15) is 0 Å². The Hall–Kier alpha value is -3.76. The van der Waals surface area contributed by atoms with E-state index in [-0.39, 0.29) is 17.6 Å². The minimum absolute atomic E-state index is 0.0545. The van der Waals surface area contributed by atoms with Crippen LogP contribution in [0.3, 0.4) is 0 Å². The molecule has 37 heavy (non-hydrogen) atoms. The molecule has 0 radical (unpaired) electrons. The fourth-order valence-corrected chi connectivity index (χ4v) is 5.11. The van der Waals surface area contributed by atoms with Gasteiger partial charge in [-0.05, 0) is 66.9 Å². The Morgan fingerprint density at radius 3 is 2.70 bits per heavy atom. The summed E-state index contributed by atoms with van der Waals surface area (Å²) < 4.78 is 13.6. The number of ether oxygens (including phenoxy) is 2. The molecule has 1 N–H and O–H groups in total. The molecule has 1 aliphatic heterocycles. The lowest BCUT2D eigenvalue weighted by molar-refractivity contribution is 0.0994. The maximum absolute atomic E-state index is 12.5. The van der Waals surface area contributed by atoms with Gasteiger partial charge >= 0.3 is 0 Å². The second kappa shape index (κ2) is 10.3. The lowest BCUT2D eigenvalue weighted by Crippen LogP contribution is -2.35. The van der Waals surface area contributed by atoms with Crippen LogP contribution < -0.4 is 9.47 Å². The van der Waals surface area contributed by atoms with Crippen molar-refractivity contribution in [3.05, 3.63) is 76.0 Å². The molecule has 0 aliphatic carbocycles. The van der Waals surface area contributed by atoms with Crippen molar-refractivity contribution in [3.8, 4) is 17.4 Å². The van der Waals surface area contributed by atoms with Gasteiger partial charge in [-0.1, -0.05) is 15.9 Å². The van der Waals surface area contributed by atoms with Crippen LogP contribution in [0, 0.1) is 0 Å². The average Bonchev–Trinajstić information content (AvgIpc) is 3.17. The fourth-order valence-electron chi connectivity index (χ4n) is 4.75. The number of nitrogens with zero attached hydrogens (tertiary/aromatic N) is 5. The van der Waals surface area contributed by atoms with Crippen molar-refractivity contribution in [1.29, 1.82) is 0 Å². The van der Waals surface area contributed by atoms with E-state index in [1.807, 2.05) is 30.3 Å². The number of pyridine rings is 1. The standard InChI is InChI=1S/C27H26BrN5O4/c1-16-20-13-24(37-3)23(36-2)11-17(20)8-10-32(16)15-33-22-7-6-19(28)12-21(22)25(27(33)35)30-31-26(34)18-5-4-9-29-14-18/h4-7,9,11-14,16,35H,8,10,15H2,1-3H3/t16-/m1/s1. The van der Waals surface area contributed by atoms with Crippen molar-refractivity contribution in [1.82, 2.24) is 14.5 Å². The van der Waals surface area contributed by atoms with Crippen LogP contribution in [-0.4, -0.2) is 46.2 Å². The zero-order valence-corrected chi connectivity index (χ0v) is 22.3. The molecule has 9 nitrogen and oxygen atoms in total. The summed E-state index contributed by atoms with van der Waals surface area (Å²) in [4.78, 5) is 18.7. The maximum atomic E-state index is 12.5. The number of azo groups is 1. The van der Waals surface area contributed by atoms with Crippen LogP contribution in [0.5, 0.6) is 17.4 Å². The zero-order valence-electron chi connectivity index (χ0n) is 20.7. The molecule has 0 bridgehead atoms. The highest BCUT2D eigenvalue weighted by Crippen LogP contribution is 2.42. The summed E-state index contributed by atoms with van der Waals surface area (Å²) in [7, 11) is 3.27. The molecule has 0 saturated carbocycles. The number of benzene rings is 2. The highest BCUT2D eigenvalue weighted by Gasteiger charge is 2.28. The van der Waals surface area contributed by atoms with Crippen molar-refractivity contribution in [2.45, 2.75) is 26.1 Å². The number of rotatable bonds is 6. The van der Waals surface area contributed by atoms with Gasteiger partial charge in [0.15, 0.2) is 17.2 Å². The Morgan fingerprint density at radius 2 is 1.97 bits per heavy atom. The highest BCUT2D eigenvalue weighted by atomic mass is 79.9. The molecule has 0 saturated heterocycles. The van der Waals surface area contributed by atoms with Crippen LogP contribution in [0.2, 0.25) is 0 Å². The first-order valence-corrected chi connectivity index (χ1v) is 12.6. The topological polar surface area (TPSA) is 102 Å². The van der Waals surface area contributed by atoms with Crippen LogP contribution in [0.15, 0.2) is 69.6 Å². The molecular weight excluding hydrogens is 538 g/mol. The van der Waals surface area contributed by atoms with Gasteiger partial charge in [-0.15, -0.1) is 10.2 Å². The van der Waals surface area contributed by atoms with Crippen LogP contribution in [0.1, 0.15) is 34.5 Å². The van der Waals surface area contributed by atoms with Gasteiger partial charge in [-0.25, -0.2) is 0 Å². The minimum atomic E-state index is -0.533. The quantitative estimate of drug-likeness (QED) is 0.288. The maximum Gasteiger partial charge on any atom is 0.296 e. The molecule has 2 aromatic heterocycles. The Bertz CT molecular complexity index is 1500. The summed E-state index contributed by atoms with van der Waals surface area (Å²) >= 11 is 3.50. The van der Waals surface area contributed by atoms with Crippen molar-refractivity contribution in [2.24, 2.45) is 10.2 Å². The number of aromatic hydroxyl groups is 1. The molecule has 1 amide bonds. The van der Waals surface area contributed by atoms with Crippen LogP contribution in [0.25, 0.3) is 10.9 Å². The Morgan fingerprint density at radius 1 is 1.19 bits per heavy atom. The first kappa shape index (κ1) is 24.9. The van der Waals surface area contributed by atoms with E-state index in [1.54, 1.807) is 37.1 Å². The van der Waals surface area contributed by atoms with Gasteiger partial charge in [-0.3, -0.25) is 19.2 Å². The summed E-state index contributed by atoms with van der Waals surface area (Å²) in [5.74, 6) is 0.822. The van der Waals surface area contributed by atoms with E-state index in [1.165, 1.54) is 11.8 Å². The second-order valence-corrected chi connectivity index (χ2v) is 9.71. The van der Waals surface area contributed by atoms with E-state index in [0.717, 1.165) is 34.3 Å². The fraction of sp³-hybridized carbons (Fsp3) is 0.259. The van der Waals surface area contributed by atoms with Gasteiger partial charge in [0.05, 0.1) is 32.0 Å². The number of aromatic nitrogens is 2. The van der Waals surface area contributed by atoms with E-state index in [2.05, 4.69) is 43.0 Å². The van der Waals surface area contributed by atoms with Crippen LogP contribution >= 0.6 is 15.9 Å². The van der Waals surface area contributed by atoms with Crippen molar-refractivity contribution in [3.63, 3.8) is 0 Å². The van der Waals surface area contributed by atoms with E-state index >= 15 is 0 Å². The molecule has 3 heterocycles. The number of carbonyl (C=O) groups is 1. The minimum Gasteiger partial charge on any atom is -0.493 e. The summed E-state index contributed by atoms with van der Waals surface area (Å²) in [6, 6.07) is 13.1. The number of halogens is 1. The van der Waals surface area contributed by atoms with E-state index in [0.29, 0.717) is 23.4 Å². The van der Waals surface area contributed by atoms with Gasteiger partial charge in [0.25, 0.3) is 5.91 Å². The molecule has 5 rings (SSSR count). The zero-order chi connectivity index (χ0) is 26.1. The lowest BCUT2D eigenvalue weighted by Gasteiger charge is -2.36. The average molecular weight is 564 g/mol. The number of fused-ring (bicyclic) bond motifs is 2. The largest absolute Gasteiger partial charge is 0.493 e. The number of methoxy groups -OCH3 is 2. The molecule has 190 valence electrons. The molecule has 10 heteroatoms. The van der Waals surface area contributed by atoms with Gasteiger partial charge < -0.3 is 14.6 Å². The first-order valence-electron chi connectivity index (χ1n) is 11.8. The molecule has 0 spiro atoms. The number of carbonyl (C=O) groups excluding carboxylic acids is 1. The van der Waals surface area contributed by atoms with E-state index in [4.69, 9.17) is 9.47 Å². The Balaban J connectivity index is 1.49. The number of amides is 1. The third-order valence-corrected chi connectivity index (χ3v) is 7.25. The second-order valence-electron chi connectivity index (χ2n) is 8.79. The summed E-state index contributed by atoms with van der Waals surface area (Å²) in [6.45, 7) is 3.34. The third-order valence-electron chi connectivity index (χ3n) is 6.76.